The van der Waals surface area contributed by atoms with Gasteiger partial charge in [0, 0.05) is 19.3 Å². The number of hydrogen-bond donors (Lipinski definition) is 1. The van der Waals surface area contributed by atoms with Crippen LogP contribution in [0.4, 0.5) is 0 Å². The molecule has 2 nitrogen and oxygen atoms in total. The first kappa shape index (κ1) is 20.9. The number of nitrogens with one attached hydrogen (secondary N) is 1. The second kappa shape index (κ2) is 18.0. The van der Waals surface area contributed by atoms with E-state index in [1.165, 1.54) is 70.6 Å². The lowest BCUT2D eigenvalue weighted by molar-refractivity contribution is 0.123. The summed E-state index contributed by atoms with van der Waals surface area (Å²) in [7, 11) is 0. The zero-order valence-corrected chi connectivity index (χ0v) is 15.1. The third-order valence-corrected chi connectivity index (χ3v) is 4.05. The van der Waals surface area contributed by atoms with Gasteiger partial charge in [0.25, 0.3) is 0 Å². The molecule has 0 aromatic heterocycles. The lowest BCUT2D eigenvalue weighted by Crippen LogP contribution is -2.31. The van der Waals surface area contributed by atoms with Crippen LogP contribution >= 0.6 is 0 Å². The van der Waals surface area contributed by atoms with Gasteiger partial charge in [0.15, 0.2) is 0 Å². The summed E-state index contributed by atoms with van der Waals surface area (Å²) >= 11 is 0. The molecule has 128 valence electrons. The van der Waals surface area contributed by atoms with Crippen LogP contribution in [-0.4, -0.2) is 25.8 Å². The summed E-state index contributed by atoms with van der Waals surface area (Å²) in [5, 5.41) is 3.69. The summed E-state index contributed by atoms with van der Waals surface area (Å²) in [4.78, 5) is 0. The van der Waals surface area contributed by atoms with Crippen LogP contribution in [-0.2, 0) is 4.74 Å². The van der Waals surface area contributed by atoms with Gasteiger partial charge in [0.2, 0.25) is 0 Å². The van der Waals surface area contributed by atoms with E-state index < -0.39 is 0 Å². The van der Waals surface area contributed by atoms with E-state index in [0.717, 1.165) is 26.2 Å². The molecule has 0 radical (unpaired) electrons. The van der Waals surface area contributed by atoms with Crippen LogP contribution in [0.15, 0.2) is 0 Å². The molecule has 0 saturated carbocycles. The van der Waals surface area contributed by atoms with Gasteiger partial charge >= 0.3 is 0 Å². The lowest BCUT2D eigenvalue weighted by Gasteiger charge is -2.18. The van der Waals surface area contributed by atoms with Gasteiger partial charge in [0.05, 0.1) is 0 Å². The first-order valence-electron chi connectivity index (χ1n) is 9.66. The zero-order chi connectivity index (χ0) is 15.6. The van der Waals surface area contributed by atoms with Gasteiger partial charge in [-0.1, -0.05) is 72.1 Å². The summed E-state index contributed by atoms with van der Waals surface area (Å²) in [5.41, 5.74) is 0. The average Bonchev–Trinajstić information content (AvgIpc) is 2.50. The summed E-state index contributed by atoms with van der Waals surface area (Å²) in [6.07, 6.45) is 16.2. The molecule has 0 heterocycles. The summed E-state index contributed by atoms with van der Waals surface area (Å²) in [6, 6.07) is 0.668. The second-order valence-corrected chi connectivity index (χ2v) is 6.32. The molecule has 0 aromatic carbocycles. The van der Waals surface area contributed by atoms with Crippen molar-refractivity contribution in [2.75, 3.05) is 19.8 Å². The molecule has 0 aromatic rings. The van der Waals surface area contributed by atoms with Crippen LogP contribution in [0.5, 0.6) is 0 Å². The molecule has 21 heavy (non-hydrogen) atoms. The molecule has 1 atom stereocenters. The normalized spacial score (nSPS) is 12.7. The fraction of sp³-hybridized carbons (Fsp3) is 1.00. The fourth-order valence-corrected chi connectivity index (χ4v) is 2.69. The van der Waals surface area contributed by atoms with Crippen molar-refractivity contribution in [3.63, 3.8) is 0 Å². The number of ether oxygens (including phenoxy) is 1. The van der Waals surface area contributed by atoms with Crippen molar-refractivity contribution in [2.45, 2.75) is 104 Å². The third kappa shape index (κ3) is 16.1. The monoisotopic (exact) mass is 299 g/mol. The predicted molar refractivity (Wildman–Crippen MR) is 95.0 cm³/mol. The van der Waals surface area contributed by atoms with Crippen molar-refractivity contribution in [3.8, 4) is 0 Å². The molecule has 0 aliphatic heterocycles. The van der Waals surface area contributed by atoms with Crippen molar-refractivity contribution >= 4 is 0 Å². The first-order valence-corrected chi connectivity index (χ1v) is 9.66. The topological polar surface area (TPSA) is 21.3 Å². The number of unbranched alkanes of at least 4 members (excludes halogenated alkanes) is 7. The highest BCUT2D eigenvalue weighted by Gasteiger charge is 2.07. The Morgan fingerprint density at radius 3 is 1.95 bits per heavy atom. The second-order valence-electron chi connectivity index (χ2n) is 6.32. The van der Waals surface area contributed by atoms with Crippen LogP contribution in [0.3, 0.4) is 0 Å². The van der Waals surface area contributed by atoms with Crippen LogP contribution in [0, 0.1) is 0 Å². The van der Waals surface area contributed by atoms with E-state index >= 15 is 0 Å². The molecule has 0 aliphatic carbocycles. The van der Waals surface area contributed by atoms with Crippen LogP contribution in [0.25, 0.3) is 0 Å². The van der Waals surface area contributed by atoms with E-state index in [1.54, 1.807) is 0 Å². The molecule has 0 saturated heterocycles. The molecular weight excluding hydrogens is 258 g/mol. The molecule has 0 rings (SSSR count). The van der Waals surface area contributed by atoms with E-state index in [2.05, 4.69) is 26.1 Å². The SMILES string of the molecule is CCCCCCCCCCC(CCOCCC)NCCC. The maximum atomic E-state index is 5.64. The van der Waals surface area contributed by atoms with Crippen molar-refractivity contribution in [1.29, 1.82) is 0 Å². The molecule has 1 unspecified atom stereocenters. The highest BCUT2D eigenvalue weighted by Crippen LogP contribution is 2.12. The Morgan fingerprint density at radius 1 is 0.667 bits per heavy atom. The van der Waals surface area contributed by atoms with E-state index in [1.807, 2.05) is 0 Å². The average molecular weight is 300 g/mol. The minimum atomic E-state index is 0.668. The van der Waals surface area contributed by atoms with Crippen molar-refractivity contribution < 1.29 is 4.74 Å². The zero-order valence-electron chi connectivity index (χ0n) is 15.1. The Balaban J connectivity index is 3.51. The van der Waals surface area contributed by atoms with E-state index in [0.29, 0.717) is 6.04 Å². The molecule has 0 spiro atoms. The van der Waals surface area contributed by atoms with Gasteiger partial charge in [-0.15, -0.1) is 0 Å². The van der Waals surface area contributed by atoms with Crippen LogP contribution in [0.1, 0.15) is 97.8 Å². The minimum Gasteiger partial charge on any atom is -0.381 e. The number of hydrogen-bond acceptors (Lipinski definition) is 2. The molecule has 1 N–H and O–H groups in total. The van der Waals surface area contributed by atoms with E-state index in [4.69, 9.17) is 4.74 Å². The van der Waals surface area contributed by atoms with Crippen LogP contribution in [0.2, 0.25) is 0 Å². The fourth-order valence-electron chi connectivity index (χ4n) is 2.69. The Kier molecular flexibility index (Phi) is 17.9. The van der Waals surface area contributed by atoms with E-state index in [-0.39, 0.29) is 0 Å². The largest absolute Gasteiger partial charge is 0.381 e. The van der Waals surface area contributed by atoms with Crippen molar-refractivity contribution in [3.05, 3.63) is 0 Å². The van der Waals surface area contributed by atoms with Gasteiger partial charge in [-0.2, -0.15) is 0 Å². The molecule has 0 bridgehead atoms. The minimum absolute atomic E-state index is 0.668. The molecule has 0 aliphatic rings. The van der Waals surface area contributed by atoms with Crippen molar-refractivity contribution in [1.82, 2.24) is 5.32 Å². The van der Waals surface area contributed by atoms with Gasteiger partial charge in [-0.25, -0.2) is 0 Å². The van der Waals surface area contributed by atoms with Crippen molar-refractivity contribution in [2.24, 2.45) is 0 Å². The smallest absolute Gasteiger partial charge is 0.0480 e. The maximum Gasteiger partial charge on any atom is 0.0480 e. The summed E-state index contributed by atoms with van der Waals surface area (Å²) in [6.45, 7) is 9.69. The van der Waals surface area contributed by atoms with Gasteiger partial charge in [0.1, 0.15) is 0 Å². The van der Waals surface area contributed by atoms with Gasteiger partial charge in [-0.05, 0) is 32.2 Å². The molecular formula is C19H41NO. The number of rotatable bonds is 17. The Morgan fingerprint density at radius 2 is 1.33 bits per heavy atom. The lowest BCUT2D eigenvalue weighted by atomic mass is 10.0. The van der Waals surface area contributed by atoms with Gasteiger partial charge in [-0.3, -0.25) is 0 Å². The molecule has 0 amide bonds. The van der Waals surface area contributed by atoms with Crippen LogP contribution < -0.4 is 5.32 Å². The Labute approximate surface area is 134 Å². The highest BCUT2D eigenvalue weighted by molar-refractivity contribution is 4.66. The first-order chi connectivity index (χ1) is 10.3. The Bertz CT molecular complexity index is 184. The predicted octanol–water partition coefficient (Wildman–Crippen LogP) is 5.70. The van der Waals surface area contributed by atoms with E-state index in [9.17, 15) is 0 Å². The molecule has 0 fully saturated rings. The quantitative estimate of drug-likeness (QED) is 0.348. The highest BCUT2D eigenvalue weighted by atomic mass is 16.5. The Hall–Kier alpha value is -0.0800. The standard InChI is InChI=1S/C19H41NO/c1-4-7-8-9-10-11-12-13-14-19(20-16-5-2)15-18-21-17-6-3/h19-20H,4-18H2,1-3H3. The maximum absolute atomic E-state index is 5.64. The third-order valence-electron chi connectivity index (χ3n) is 4.05. The molecule has 2 heteroatoms. The van der Waals surface area contributed by atoms with Gasteiger partial charge < -0.3 is 10.1 Å². The summed E-state index contributed by atoms with van der Waals surface area (Å²) in [5.74, 6) is 0. The summed E-state index contributed by atoms with van der Waals surface area (Å²) < 4.78 is 5.64.